The Kier molecular flexibility index (Phi) is 18.9. The number of carbonyl (C=O) groups is 1. The summed E-state index contributed by atoms with van der Waals surface area (Å²) in [6.45, 7) is 9.32. The van der Waals surface area contributed by atoms with Crippen LogP contribution >= 0.6 is 28.7 Å². The van der Waals surface area contributed by atoms with E-state index in [1.54, 1.807) is 0 Å². The van der Waals surface area contributed by atoms with Crippen LogP contribution in [0, 0.1) is 0 Å². The minimum Gasteiger partial charge on any atom is -0.330 e. The first kappa shape index (κ1) is 25.9. The fourth-order valence-corrected chi connectivity index (χ4v) is 2.96. The van der Waals surface area contributed by atoms with Crippen LogP contribution in [-0.4, -0.2) is 17.6 Å². The van der Waals surface area contributed by atoms with Gasteiger partial charge in [0.2, 0.25) is 0 Å². The molecule has 0 bridgehead atoms. The summed E-state index contributed by atoms with van der Waals surface area (Å²) in [6.07, 6.45) is 8.63. The normalized spacial score (nSPS) is 9.92. The molecule has 24 heavy (non-hydrogen) atoms. The van der Waals surface area contributed by atoms with Gasteiger partial charge in [0.15, 0.2) is 5.78 Å². The first-order chi connectivity index (χ1) is 11.0. The number of halogens is 1. The SMILES string of the molecule is Br.CCC(=O)c1ccc(SC(C)C)cc1.CCCCCCCCN. The van der Waals surface area contributed by atoms with Crippen molar-refractivity contribution in [2.75, 3.05) is 6.54 Å². The largest absolute Gasteiger partial charge is 0.330 e. The number of carbonyl (C=O) groups excluding carboxylic acids is 1. The summed E-state index contributed by atoms with van der Waals surface area (Å²) in [4.78, 5) is 12.6. The number of benzene rings is 1. The molecule has 0 aromatic heterocycles. The third-order valence-corrected chi connectivity index (χ3v) is 4.44. The molecule has 1 aromatic rings. The average molecular weight is 418 g/mol. The van der Waals surface area contributed by atoms with Crippen LogP contribution in [0.4, 0.5) is 0 Å². The molecule has 1 aromatic carbocycles. The quantitative estimate of drug-likeness (QED) is 0.262. The molecule has 0 saturated heterocycles. The van der Waals surface area contributed by atoms with E-state index in [1.165, 1.54) is 43.4 Å². The lowest BCUT2D eigenvalue weighted by molar-refractivity contribution is 0.0988. The van der Waals surface area contributed by atoms with Crippen LogP contribution in [0.5, 0.6) is 0 Å². The molecular formula is C20H36BrNOS. The molecule has 4 heteroatoms. The molecule has 0 spiro atoms. The zero-order valence-corrected chi connectivity index (χ0v) is 18.4. The van der Waals surface area contributed by atoms with E-state index in [0.29, 0.717) is 11.7 Å². The molecule has 0 aliphatic rings. The highest BCUT2D eigenvalue weighted by atomic mass is 79.9. The average Bonchev–Trinajstić information content (AvgIpc) is 2.55. The Morgan fingerprint density at radius 3 is 2.00 bits per heavy atom. The highest BCUT2D eigenvalue weighted by Gasteiger charge is 2.03. The van der Waals surface area contributed by atoms with Gasteiger partial charge in [-0.2, -0.15) is 0 Å². The number of hydrogen-bond donors (Lipinski definition) is 1. The Morgan fingerprint density at radius 1 is 1.00 bits per heavy atom. The molecule has 0 fully saturated rings. The Morgan fingerprint density at radius 2 is 1.54 bits per heavy atom. The van der Waals surface area contributed by atoms with Gasteiger partial charge in [-0.1, -0.05) is 71.9 Å². The van der Waals surface area contributed by atoms with E-state index in [-0.39, 0.29) is 22.8 Å². The van der Waals surface area contributed by atoms with Gasteiger partial charge in [-0.15, -0.1) is 28.7 Å². The van der Waals surface area contributed by atoms with Crippen LogP contribution in [0.2, 0.25) is 0 Å². The fourth-order valence-electron chi connectivity index (χ4n) is 2.12. The van der Waals surface area contributed by atoms with Crippen LogP contribution in [0.15, 0.2) is 29.2 Å². The number of Topliss-reactive ketones (excluding diaryl/α,β-unsaturated/α-hetero) is 1. The molecule has 0 heterocycles. The Hall–Kier alpha value is -0.320. The van der Waals surface area contributed by atoms with E-state index in [4.69, 9.17) is 5.73 Å². The number of nitrogens with two attached hydrogens (primary N) is 1. The van der Waals surface area contributed by atoms with Crippen LogP contribution in [-0.2, 0) is 0 Å². The number of rotatable bonds is 10. The van der Waals surface area contributed by atoms with Crippen LogP contribution < -0.4 is 5.73 Å². The van der Waals surface area contributed by atoms with E-state index in [9.17, 15) is 4.79 Å². The maximum absolute atomic E-state index is 11.3. The van der Waals surface area contributed by atoms with Crippen molar-refractivity contribution >= 4 is 34.5 Å². The lowest BCUT2D eigenvalue weighted by Gasteiger charge is -2.05. The molecule has 0 aliphatic carbocycles. The van der Waals surface area contributed by atoms with Crippen molar-refractivity contribution in [3.05, 3.63) is 29.8 Å². The second-order valence-electron chi connectivity index (χ2n) is 6.02. The Balaban J connectivity index is 0. The smallest absolute Gasteiger partial charge is 0.162 e. The number of unbranched alkanes of at least 4 members (excludes halogenated alkanes) is 5. The summed E-state index contributed by atoms with van der Waals surface area (Å²) in [5, 5.41) is 0.586. The van der Waals surface area contributed by atoms with Gasteiger partial charge >= 0.3 is 0 Å². The Labute approximate surface area is 164 Å². The van der Waals surface area contributed by atoms with Gasteiger partial charge < -0.3 is 5.73 Å². The van der Waals surface area contributed by atoms with E-state index in [1.807, 2.05) is 43.0 Å². The van der Waals surface area contributed by atoms with Crippen LogP contribution in [0.25, 0.3) is 0 Å². The molecular weight excluding hydrogens is 382 g/mol. The lowest BCUT2D eigenvalue weighted by atomic mass is 10.1. The lowest BCUT2D eigenvalue weighted by Crippen LogP contribution is -1.97. The number of hydrogen-bond acceptors (Lipinski definition) is 3. The van der Waals surface area contributed by atoms with Crippen molar-refractivity contribution in [3.63, 3.8) is 0 Å². The molecule has 0 unspecified atom stereocenters. The summed E-state index contributed by atoms with van der Waals surface area (Å²) in [7, 11) is 0. The standard InChI is InChI=1S/C12H16OS.C8H19N.BrH/c1-4-12(13)10-5-7-11(8-6-10)14-9(2)3;1-2-3-4-5-6-7-8-9;/h5-9H,4H2,1-3H3;2-9H2,1H3;1H. The minimum absolute atomic E-state index is 0. The summed E-state index contributed by atoms with van der Waals surface area (Å²) < 4.78 is 0. The van der Waals surface area contributed by atoms with Crippen molar-refractivity contribution in [1.82, 2.24) is 0 Å². The van der Waals surface area contributed by atoms with Crippen molar-refractivity contribution in [1.29, 1.82) is 0 Å². The molecule has 2 nitrogen and oxygen atoms in total. The zero-order valence-electron chi connectivity index (χ0n) is 15.8. The molecule has 1 rings (SSSR count). The number of thioether (sulfide) groups is 1. The summed E-state index contributed by atoms with van der Waals surface area (Å²) in [5.74, 6) is 0.214. The van der Waals surface area contributed by atoms with Gasteiger partial charge in [-0.3, -0.25) is 4.79 Å². The third-order valence-electron chi connectivity index (χ3n) is 3.43. The van der Waals surface area contributed by atoms with Crippen molar-refractivity contribution < 1.29 is 4.79 Å². The predicted octanol–water partition coefficient (Wildman–Crippen LogP) is 6.66. The van der Waals surface area contributed by atoms with Gasteiger partial charge in [0.25, 0.3) is 0 Å². The van der Waals surface area contributed by atoms with Crippen LogP contribution in [0.3, 0.4) is 0 Å². The molecule has 0 saturated carbocycles. The third kappa shape index (κ3) is 14.1. The molecule has 0 radical (unpaired) electrons. The van der Waals surface area contributed by atoms with Crippen molar-refractivity contribution in [3.8, 4) is 0 Å². The first-order valence-corrected chi connectivity index (χ1v) is 9.93. The summed E-state index contributed by atoms with van der Waals surface area (Å²) in [5.41, 5.74) is 6.16. The monoisotopic (exact) mass is 417 g/mol. The molecule has 0 atom stereocenters. The predicted molar refractivity (Wildman–Crippen MR) is 115 cm³/mol. The topological polar surface area (TPSA) is 43.1 Å². The maximum Gasteiger partial charge on any atom is 0.162 e. The zero-order chi connectivity index (χ0) is 17.5. The first-order valence-electron chi connectivity index (χ1n) is 9.05. The van der Waals surface area contributed by atoms with E-state index >= 15 is 0 Å². The highest BCUT2D eigenvalue weighted by molar-refractivity contribution is 8.93. The summed E-state index contributed by atoms with van der Waals surface area (Å²) >= 11 is 1.82. The van der Waals surface area contributed by atoms with Gasteiger partial charge in [0.05, 0.1) is 0 Å². The second-order valence-corrected chi connectivity index (χ2v) is 7.67. The maximum atomic E-state index is 11.3. The van der Waals surface area contributed by atoms with E-state index in [0.717, 1.165) is 12.1 Å². The van der Waals surface area contributed by atoms with Gasteiger partial charge in [0.1, 0.15) is 0 Å². The highest BCUT2D eigenvalue weighted by Crippen LogP contribution is 2.23. The fraction of sp³-hybridized carbons (Fsp3) is 0.650. The summed E-state index contributed by atoms with van der Waals surface area (Å²) in [6, 6.07) is 7.87. The molecule has 0 amide bonds. The molecule has 0 aliphatic heterocycles. The molecule has 140 valence electrons. The van der Waals surface area contributed by atoms with E-state index < -0.39 is 0 Å². The van der Waals surface area contributed by atoms with Crippen molar-refractivity contribution in [2.45, 2.75) is 82.8 Å². The second kappa shape index (κ2) is 17.5. The minimum atomic E-state index is 0. The van der Waals surface area contributed by atoms with Gasteiger partial charge in [0, 0.05) is 22.1 Å². The van der Waals surface area contributed by atoms with E-state index in [2.05, 4.69) is 20.8 Å². The number of ketones is 1. The molecule has 2 N–H and O–H groups in total. The van der Waals surface area contributed by atoms with Crippen molar-refractivity contribution in [2.24, 2.45) is 5.73 Å². The van der Waals surface area contributed by atoms with Gasteiger partial charge in [-0.05, 0) is 25.1 Å². The Bertz CT molecular complexity index is 401. The van der Waals surface area contributed by atoms with Crippen LogP contribution in [0.1, 0.15) is 83.0 Å². The van der Waals surface area contributed by atoms with Gasteiger partial charge in [-0.25, -0.2) is 0 Å².